The summed E-state index contributed by atoms with van der Waals surface area (Å²) in [4.78, 5) is 27.6. The van der Waals surface area contributed by atoms with Crippen LogP contribution in [0, 0.1) is 11.6 Å². The number of Topliss-reactive ketones (excluding diaryl/α,β-unsaturated/α-hetero) is 1. The van der Waals surface area contributed by atoms with Gasteiger partial charge in [0.15, 0.2) is 5.76 Å². The largest absolute Gasteiger partial charge is 0.503 e. The second-order valence-electron chi connectivity index (χ2n) is 6.58. The van der Waals surface area contributed by atoms with Crippen LogP contribution in [-0.2, 0) is 11.3 Å². The Hall–Kier alpha value is -3.32. The number of ketones is 1. The van der Waals surface area contributed by atoms with Crippen molar-refractivity contribution >= 4 is 23.0 Å². The number of nitrogens with zero attached hydrogens (tertiary/aromatic N) is 1. The van der Waals surface area contributed by atoms with E-state index >= 15 is 0 Å². The first-order valence-electron chi connectivity index (χ1n) is 8.78. The Morgan fingerprint density at radius 3 is 2.21 bits per heavy atom. The fourth-order valence-electron chi connectivity index (χ4n) is 3.37. The van der Waals surface area contributed by atoms with Gasteiger partial charge in [0.1, 0.15) is 11.6 Å². The third kappa shape index (κ3) is 3.56. The van der Waals surface area contributed by atoms with Gasteiger partial charge in [-0.3, -0.25) is 9.59 Å². The number of carbonyl (C=O) groups excluding carboxylic acids is 2. The Morgan fingerprint density at radius 1 is 1.00 bits per heavy atom. The Balaban J connectivity index is 1.78. The lowest BCUT2D eigenvalue weighted by Gasteiger charge is -2.27. The summed E-state index contributed by atoms with van der Waals surface area (Å²) in [5.41, 5.74) is 1.07. The summed E-state index contributed by atoms with van der Waals surface area (Å²) in [6, 6.07) is 13.5. The van der Waals surface area contributed by atoms with Crippen LogP contribution in [0.1, 0.15) is 26.8 Å². The van der Waals surface area contributed by atoms with Gasteiger partial charge in [0, 0.05) is 6.54 Å². The molecule has 7 heteroatoms. The zero-order chi connectivity index (χ0) is 20.5. The summed E-state index contributed by atoms with van der Waals surface area (Å²) >= 11 is 1.20. The molecule has 1 aliphatic heterocycles. The molecule has 1 amide bonds. The maximum Gasteiger partial charge on any atom is 0.290 e. The average Bonchev–Trinajstić information content (AvgIpc) is 3.33. The molecule has 1 aliphatic rings. The van der Waals surface area contributed by atoms with E-state index in [1.54, 1.807) is 17.5 Å². The van der Waals surface area contributed by atoms with Crippen LogP contribution in [0.4, 0.5) is 8.78 Å². The lowest BCUT2D eigenvalue weighted by Crippen LogP contribution is -2.30. The smallest absolute Gasteiger partial charge is 0.290 e. The highest BCUT2D eigenvalue weighted by Crippen LogP contribution is 2.40. The molecule has 0 saturated carbocycles. The second-order valence-corrected chi connectivity index (χ2v) is 7.53. The van der Waals surface area contributed by atoms with Gasteiger partial charge in [-0.25, -0.2) is 8.78 Å². The monoisotopic (exact) mass is 411 g/mol. The predicted molar refractivity (Wildman–Crippen MR) is 104 cm³/mol. The first-order chi connectivity index (χ1) is 14.0. The van der Waals surface area contributed by atoms with Gasteiger partial charge in [-0.1, -0.05) is 30.3 Å². The molecule has 29 heavy (non-hydrogen) atoms. The summed E-state index contributed by atoms with van der Waals surface area (Å²) in [5, 5.41) is 12.3. The summed E-state index contributed by atoms with van der Waals surface area (Å²) in [7, 11) is 0. The zero-order valence-electron chi connectivity index (χ0n) is 15.0. The highest BCUT2D eigenvalue weighted by atomic mass is 32.1. The maximum absolute atomic E-state index is 13.4. The molecule has 0 saturated heterocycles. The Kier molecular flexibility index (Phi) is 4.98. The van der Waals surface area contributed by atoms with Crippen LogP contribution in [0.25, 0.3) is 0 Å². The Morgan fingerprint density at radius 2 is 1.62 bits per heavy atom. The molecule has 1 N–H and O–H groups in total. The Bertz CT molecular complexity index is 1090. The average molecular weight is 411 g/mol. The van der Waals surface area contributed by atoms with Crippen molar-refractivity contribution in [2.45, 2.75) is 12.6 Å². The molecular weight excluding hydrogens is 396 g/mol. The molecule has 0 fully saturated rings. The van der Waals surface area contributed by atoms with Crippen molar-refractivity contribution in [3.63, 3.8) is 0 Å². The zero-order valence-corrected chi connectivity index (χ0v) is 15.8. The Labute approximate surface area is 169 Å². The van der Waals surface area contributed by atoms with Crippen molar-refractivity contribution in [3.05, 3.63) is 105 Å². The summed E-state index contributed by atoms with van der Waals surface area (Å²) in [5.74, 6) is -2.65. The van der Waals surface area contributed by atoms with E-state index in [-0.39, 0.29) is 12.1 Å². The third-order valence-corrected chi connectivity index (χ3v) is 5.61. The molecule has 3 aromatic rings. The topological polar surface area (TPSA) is 57.6 Å². The van der Waals surface area contributed by atoms with E-state index in [0.717, 1.165) is 0 Å². The fourth-order valence-corrected chi connectivity index (χ4v) is 4.05. The SMILES string of the molecule is O=C(C1=C(O)C(=O)N(Cc2ccc(F)cc2)C1c1ccc(F)cc1)c1cccs1. The first-order valence-corrected chi connectivity index (χ1v) is 9.66. The minimum atomic E-state index is -0.886. The van der Waals surface area contributed by atoms with Crippen molar-refractivity contribution in [2.75, 3.05) is 0 Å². The van der Waals surface area contributed by atoms with Gasteiger partial charge in [-0.15, -0.1) is 11.3 Å². The standard InChI is InChI=1S/C22H15F2NO3S/c23-15-7-3-13(4-8-15)12-25-19(14-5-9-16(24)10-6-14)18(21(27)22(25)28)20(26)17-2-1-11-29-17/h1-11,19,27H,12H2. The number of benzene rings is 2. The lowest BCUT2D eigenvalue weighted by molar-refractivity contribution is -0.130. The van der Waals surface area contributed by atoms with E-state index in [1.807, 2.05) is 0 Å². The van der Waals surface area contributed by atoms with E-state index < -0.39 is 35.1 Å². The molecule has 0 radical (unpaired) electrons. The molecule has 0 bridgehead atoms. The van der Waals surface area contributed by atoms with E-state index in [0.29, 0.717) is 16.0 Å². The van der Waals surface area contributed by atoms with E-state index in [2.05, 4.69) is 0 Å². The first kappa shape index (κ1) is 19.0. The van der Waals surface area contributed by atoms with Crippen molar-refractivity contribution in [1.82, 2.24) is 4.90 Å². The number of aliphatic hydroxyl groups is 1. The molecule has 2 aromatic carbocycles. The molecular formula is C22H15F2NO3S. The van der Waals surface area contributed by atoms with Gasteiger partial charge in [-0.2, -0.15) is 0 Å². The number of hydrogen-bond acceptors (Lipinski definition) is 4. The van der Waals surface area contributed by atoms with Gasteiger partial charge in [0.05, 0.1) is 16.5 Å². The molecule has 1 unspecified atom stereocenters. The molecule has 4 nitrogen and oxygen atoms in total. The quantitative estimate of drug-likeness (QED) is 0.614. The van der Waals surface area contributed by atoms with Crippen LogP contribution in [-0.4, -0.2) is 21.7 Å². The van der Waals surface area contributed by atoms with Gasteiger partial charge in [0.2, 0.25) is 5.78 Å². The minimum Gasteiger partial charge on any atom is -0.503 e. The van der Waals surface area contributed by atoms with E-state index in [9.17, 15) is 23.5 Å². The van der Waals surface area contributed by atoms with Crippen molar-refractivity contribution in [1.29, 1.82) is 0 Å². The predicted octanol–water partition coefficient (Wildman–Crippen LogP) is 4.80. The normalized spacial score (nSPS) is 16.6. The van der Waals surface area contributed by atoms with Crippen LogP contribution in [0.5, 0.6) is 0 Å². The maximum atomic E-state index is 13.4. The molecule has 0 aliphatic carbocycles. The van der Waals surface area contributed by atoms with Crippen molar-refractivity contribution < 1.29 is 23.5 Å². The lowest BCUT2D eigenvalue weighted by atomic mass is 9.95. The number of carbonyl (C=O) groups is 2. The molecule has 1 aromatic heterocycles. The van der Waals surface area contributed by atoms with Gasteiger partial charge < -0.3 is 10.0 Å². The number of aliphatic hydroxyl groups excluding tert-OH is 1. The number of rotatable bonds is 5. The highest BCUT2D eigenvalue weighted by Gasteiger charge is 2.43. The third-order valence-electron chi connectivity index (χ3n) is 4.75. The van der Waals surface area contributed by atoms with E-state index in [1.165, 1.54) is 64.8 Å². The summed E-state index contributed by atoms with van der Waals surface area (Å²) < 4.78 is 26.7. The number of halogens is 2. The fraction of sp³-hybridized carbons (Fsp3) is 0.0909. The highest BCUT2D eigenvalue weighted by molar-refractivity contribution is 7.12. The molecule has 146 valence electrons. The van der Waals surface area contributed by atoms with Crippen LogP contribution in [0.3, 0.4) is 0 Å². The molecule has 4 rings (SSSR count). The number of thiophene rings is 1. The number of amides is 1. The van der Waals surface area contributed by atoms with Crippen LogP contribution in [0.2, 0.25) is 0 Å². The van der Waals surface area contributed by atoms with Crippen molar-refractivity contribution in [3.8, 4) is 0 Å². The van der Waals surface area contributed by atoms with Crippen LogP contribution in [0.15, 0.2) is 77.4 Å². The molecule has 0 spiro atoms. The van der Waals surface area contributed by atoms with Crippen LogP contribution < -0.4 is 0 Å². The van der Waals surface area contributed by atoms with Gasteiger partial charge in [0.25, 0.3) is 5.91 Å². The molecule has 2 heterocycles. The summed E-state index contributed by atoms with van der Waals surface area (Å²) in [6.45, 7) is 0.0481. The second kappa shape index (κ2) is 7.60. The number of hydrogen-bond donors (Lipinski definition) is 1. The molecule has 1 atom stereocenters. The van der Waals surface area contributed by atoms with Crippen LogP contribution >= 0.6 is 11.3 Å². The van der Waals surface area contributed by atoms with E-state index in [4.69, 9.17) is 0 Å². The summed E-state index contributed by atoms with van der Waals surface area (Å²) in [6.07, 6.45) is 0. The van der Waals surface area contributed by atoms with Gasteiger partial charge in [-0.05, 0) is 46.8 Å². The van der Waals surface area contributed by atoms with Gasteiger partial charge >= 0.3 is 0 Å². The minimum absolute atomic E-state index is 0.0481. The van der Waals surface area contributed by atoms with Crippen molar-refractivity contribution in [2.24, 2.45) is 0 Å².